The van der Waals surface area contributed by atoms with Gasteiger partial charge in [-0.3, -0.25) is 4.72 Å². The fraction of sp³-hybridized carbons (Fsp3) is 0.368. The predicted molar refractivity (Wildman–Crippen MR) is 96.6 cm³/mol. The van der Waals surface area contributed by atoms with E-state index in [1.807, 2.05) is 51.1 Å². The maximum atomic E-state index is 12.8. The second kappa shape index (κ2) is 6.00. The van der Waals surface area contributed by atoms with Gasteiger partial charge in [0.05, 0.1) is 10.6 Å². The Morgan fingerprint density at radius 2 is 1.52 bits per heavy atom. The van der Waals surface area contributed by atoms with Crippen molar-refractivity contribution in [1.82, 2.24) is 0 Å². The Bertz CT molecular complexity index is 831. The molecule has 2 aromatic carbocycles. The maximum Gasteiger partial charge on any atom is 0.262 e. The fourth-order valence-electron chi connectivity index (χ4n) is 2.48. The highest BCUT2D eigenvalue weighted by Crippen LogP contribution is 2.28. The summed E-state index contributed by atoms with van der Waals surface area (Å²) in [5.74, 6) is 0. The van der Waals surface area contributed by atoms with Crippen molar-refractivity contribution >= 4 is 15.7 Å². The molecule has 2 rings (SSSR count). The Balaban J connectivity index is 2.47. The summed E-state index contributed by atoms with van der Waals surface area (Å²) in [5, 5.41) is 0. The van der Waals surface area contributed by atoms with Gasteiger partial charge < -0.3 is 0 Å². The largest absolute Gasteiger partial charge is 0.279 e. The second-order valence-corrected chi connectivity index (χ2v) is 8.80. The Hall–Kier alpha value is -1.81. The minimum atomic E-state index is -3.61. The molecule has 0 amide bonds. The Labute approximate surface area is 139 Å². The van der Waals surface area contributed by atoms with Crippen LogP contribution in [0.2, 0.25) is 0 Å². The summed E-state index contributed by atoms with van der Waals surface area (Å²) < 4.78 is 28.4. The van der Waals surface area contributed by atoms with Crippen LogP contribution in [0.15, 0.2) is 41.3 Å². The summed E-state index contributed by atoms with van der Waals surface area (Å²) in [5.41, 5.74) is 4.29. The molecule has 0 atom stereocenters. The zero-order chi connectivity index (χ0) is 17.4. The van der Waals surface area contributed by atoms with Gasteiger partial charge in [0.2, 0.25) is 0 Å². The standard InChI is InChI=1S/C19H25NO2S/c1-13-7-10-17(15(3)11-13)20-23(21,22)18-12-16(19(4,5)6)9-8-14(18)2/h7-12,20H,1-6H3. The number of aryl methyl sites for hydroxylation is 3. The average molecular weight is 331 g/mol. The van der Waals surface area contributed by atoms with E-state index >= 15 is 0 Å². The number of sulfonamides is 1. The zero-order valence-electron chi connectivity index (χ0n) is 14.7. The highest BCUT2D eigenvalue weighted by Gasteiger charge is 2.22. The molecule has 0 saturated carbocycles. The molecule has 0 bridgehead atoms. The molecular formula is C19H25NO2S. The first-order chi connectivity index (χ1) is 10.5. The quantitative estimate of drug-likeness (QED) is 0.885. The van der Waals surface area contributed by atoms with Crippen LogP contribution >= 0.6 is 0 Å². The molecule has 4 heteroatoms. The van der Waals surface area contributed by atoms with Crippen LogP contribution in [-0.2, 0) is 15.4 Å². The monoisotopic (exact) mass is 331 g/mol. The highest BCUT2D eigenvalue weighted by molar-refractivity contribution is 7.92. The van der Waals surface area contributed by atoms with Crippen molar-refractivity contribution in [1.29, 1.82) is 0 Å². The van der Waals surface area contributed by atoms with E-state index in [1.54, 1.807) is 6.07 Å². The molecule has 0 fully saturated rings. The van der Waals surface area contributed by atoms with Crippen LogP contribution in [0.3, 0.4) is 0 Å². The lowest BCUT2D eigenvalue weighted by Gasteiger charge is -2.21. The van der Waals surface area contributed by atoms with Crippen molar-refractivity contribution < 1.29 is 8.42 Å². The lowest BCUT2D eigenvalue weighted by atomic mass is 9.87. The van der Waals surface area contributed by atoms with Gasteiger partial charge in [-0.05, 0) is 55.0 Å². The van der Waals surface area contributed by atoms with Crippen LogP contribution < -0.4 is 4.72 Å². The molecule has 23 heavy (non-hydrogen) atoms. The van der Waals surface area contributed by atoms with Crippen LogP contribution in [0, 0.1) is 20.8 Å². The van der Waals surface area contributed by atoms with Gasteiger partial charge in [0.1, 0.15) is 0 Å². The normalized spacial score (nSPS) is 12.3. The summed E-state index contributed by atoms with van der Waals surface area (Å²) in [4.78, 5) is 0.338. The van der Waals surface area contributed by atoms with Crippen LogP contribution in [0.25, 0.3) is 0 Å². The van der Waals surface area contributed by atoms with Gasteiger partial charge in [-0.2, -0.15) is 0 Å². The molecule has 0 heterocycles. The first-order valence-corrected chi connectivity index (χ1v) is 9.20. The third-order valence-corrected chi connectivity index (χ3v) is 5.48. The Morgan fingerprint density at radius 3 is 2.09 bits per heavy atom. The van der Waals surface area contributed by atoms with Crippen LogP contribution in [0.1, 0.15) is 43.0 Å². The smallest absolute Gasteiger partial charge is 0.262 e. The van der Waals surface area contributed by atoms with Crippen LogP contribution in [-0.4, -0.2) is 8.42 Å². The van der Waals surface area contributed by atoms with Crippen LogP contribution in [0.4, 0.5) is 5.69 Å². The van der Waals surface area contributed by atoms with Crippen LogP contribution in [0.5, 0.6) is 0 Å². The number of benzene rings is 2. The lowest BCUT2D eigenvalue weighted by molar-refractivity contribution is 0.584. The SMILES string of the molecule is Cc1ccc(NS(=O)(=O)c2cc(C(C)(C)C)ccc2C)c(C)c1. The van der Waals surface area contributed by atoms with Gasteiger partial charge in [-0.1, -0.05) is 50.6 Å². The van der Waals surface area contributed by atoms with Crippen molar-refractivity contribution in [3.63, 3.8) is 0 Å². The van der Waals surface area contributed by atoms with Gasteiger partial charge in [0.25, 0.3) is 10.0 Å². The molecule has 1 N–H and O–H groups in total. The molecule has 2 aromatic rings. The van der Waals surface area contributed by atoms with Crippen molar-refractivity contribution in [2.75, 3.05) is 4.72 Å². The maximum absolute atomic E-state index is 12.8. The number of anilines is 1. The van der Waals surface area contributed by atoms with E-state index in [1.165, 1.54) is 0 Å². The molecule has 0 aliphatic rings. The third-order valence-electron chi connectivity index (χ3n) is 3.97. The number of hydrogen-bond acceptors (Lipinski definition) is 2. The van der Waals surface area contributed by atoms with Gasteiger partial charge >= 0.3 is 0 Å². The number of rotatable bonds is 3. The fourth-order valence-corrected chi connectivity index (χ4v) is 3.89. The summed E-state index contributed by atoms with van der Waals surface area (Å²) in [7, 11) is -3.61. The minimum absolute atomic E-state index is 0.0995. The zero-order valence-corrected chi connectivity index (χ0v) is 15.5. The molecule has 0 aromatic heterocycles. The van der Waals surface area contributed by atoms with E-state index in [9.17, 15) is 8.42 Å². The second-order valence-electron chi connectivity index (χ2n) is 7.15. The van der Waals surface area contributed by atoms with E-state index in [-0.39, 0.29) is 5.41 Å². The first kappa shape index (κ1) is 17.5. The van der Waals surface area contributed by atoms with Crippen molar-refractivity contribution in [3.8, 4) is 0 Å². The first-order valence-electron chi connectivity index (χ1n) is 7.72. The molecular weight excluding hydrogens is 306 g/mol. The van der Waals surface area contributed by atoms with E-state index in [4.69, 9.17) is 0 Å². The third kappa shape index (κ3) is 3.94. The van der Waals surface area contributed by atoms with Gasteiger partial charge in [0.15, 0.2) is 0 Å². The topological polar surface area (TPSA) is 46.2 Å². The average Bonchev–Trinajstić information content (AvgIpc) is 2.41. The summed E-state index contributed by atoms with van der Waals surface area (Å²) in [6.07, 6.45) is 0. The molecule has 0 unspecified atom stereocenters. The van der Waals surface area contributed by atoms with Gasteiger partial charge in [-0.25, -0.2) is 8.42 Å². The number of nitrogens with one attached hydrogen (secondary N) is 1. The molecule has 3 nitrogen and oxygen atoms in total. The van der Waals surface area contributed by atoms with Crippen molar-refractivity contribution in [3.05, 3.63) is 58.7 Å². The van der Waals surface area contributed by atoms with Crippen molar-refractivity contribution in [2.24, 2.45) is 0 Å². The van der Waals surface area contributed by atoms with E-state index in [0.717, 1.165) is 22.3 Å². The minimum Gasteiger partial charge on any atom is -0.279 e. The Morgan fingerprint density at radius 1 is 0.870 bits per heavy atom. The molecule has 124 valence electrons. The van der Waals surface area contributed by atoms with Gasteiger partial charge in [-0.15, -0.1) is 0 Å². The molecule has 0 radical (unpaired) electrons. The predicted octanol–water partition coefficient (Wildman–Crippen LogP) is 4.71. The lowest BCUT2D eigenvalue weighted by Crippen LogP contribution is -2.17. The molecule has 0 saturated heterocycles. The molecule has 0 aliphatic heterocycles. The number of hydrogen-bond donors (Lipinski definition) is 1. The van der Waals surface area contributed by atoms with E-state index in [0.29, 0.717) is 10.6 Å². The molecule has 0 spiro atoms. The van der Waals surface area contributed by atoms with Crippen molar-refractivity contribution in [2.45, 2.75) is 51.9 Å². The van der Waals surface area contributed by atoms with E-state index < -0.39 is 10.0 Å². The summed E-state index contributed by atoms with van der Waals surface area (Å²) in [6, 6.07) is 11.3. The van der Waals surface area contributed by atoms with Gasteiger partial charge in [0, 0.05) is 0 Å². The summed E-state index contributed by atoms with van der Waals surface area (Å²) >= 11 is 0. The molecule has 0 aliphatic carbocycles. The van der Waals surface area contributed by atoms with E-state index in [2.05, 4.69) is 25.5 Å². The Kier molecular flexibility index (Phi) is 4.58. The highest BCUT2D eigenvalue weighted by atomic mass is 32.2. The summed E-state index contributed by atoms with van der Waals surface area (Å²) in [6.45, 7) is 11.9.